The largest absolute Gasteiger partial charge is 0.480 e. The Bertz CT molecular complexity index is 604. The third kappa shape index (κ3) is 11.1. The molecule has 0 heterocycles. The lowest BCUT2D eigenvalue weighted by Crippen LogP contribution is -2.59. The number of carbonyl (C=O) groups excluding carboxylic acids is 3. The van der Waals surface area contributed by atoms with Crippen LogP contribution >= 0.6 is 23.5 Å². The standard InChI is InChI=1S/C20H38N4O5S2/c1-11(2)15(19(27)24-16(12(3)4)20(28)29)23-18(26)14(8-10-31-6)22-17(25)13(21)7-9-30-5/h11-16H,7-10,21H2,1-6H3,(H,22,25)(H,23,26)(H,24,27)(H,28,29). The smallest absolute Gasteiger partial charge is 0.326 e. The van der Waals surface area contributed by atoms with Gasteiger partial charge in [-0.3, -0.25) is 14.4 Å². The van der Waals surface area contributed by atoms with E-state index in [0.717, 1.165) is 5.75 Å². The van der Waals surface area contributed by atoms with Gasteiger partial charge in [-0.1, -0.05) is 27.7 Å². The second-order valence-corrected chi connectivity index (χ2v) is 10.0. The van der Waals surface area contributed by atoms with Crippen molar-refractivity contribution >= 4 is 47.2 Å². The van der Waals surface area contributed by atoms with Crippen molar-refractivity contribution in [1.29, 1.82) is 0 Å². The molecule has 0 fully saturated rings. The minimum absolute atomic E-state index is 0.286. The molecule has 0 aromatic carbocycles. The van der Waals surface area contributed by atoms with Crippen molar-refractivity contribution < 1.29 is 24.3 Å². The molecule has 180 valence electrons. The maximum Gasteiger partial charge on any atom is 0.326 e. The maximum absolute atomic E-state index is 12.9. The Hall–Kier alpha value is -1.46. The van der Waals surface area contributed by atoms with Gasteiger partial charge in [0.2, 0.25) is 17.7 Å². The second kappa shape index (κ2) is 15.4. The van der Waals surface area contributed by atoms with E-state index in [2.05, 4.69) is 16.0 Å². The molecule has 6 N–H and O–H groups in total. The normalized spacial score (nSPS) is 15.1. The summed E-state index contributed by atoms with van der Waals surface area (Å²) < 4.78 is 0. The number of aliphatic carboxylic acids is 1. The minimum atomic E-state index is -1.14. The van der Waals surface area contributed by atoms with Gasteiger partial charge in [0.1, 0.15) is 18.1 Å². The fraction of sp³-hybridized carbons (Fsp3) is 0.800. The predicted molar refractivity (Wildman–Crippen MR) is 127 cm³/mol. The number of hydrogen-bond donors (Lipinski definition) is 5. The van der Waals surface area contributed by atoms with Gasteiger partial charge in [-0.05, 0) is 48.7 Å². The first-order valence-electron chi connectivity index (χ1n) is 10.3. The zero-order valence-electron chi connectivity index (χ0n) is 19.3. The van der Waals surface area contributed by atoms with Gasteiger partial charge in [0.25, 0.3) is 0 Å². The van der Waals surface area contributed by atoms with E-state index in [1.807, 2.05) is 12.5 Å². The summed E-state index contributed by atoms with van der Waals surface area (Å²) in [5, 5.41) is 17.2. The Morgan fingerprint density at radius 3 is 1.71 bits per heavy atom. The van der Waals surface area contributed by atoms with E-state index >= 15 is 0 Å². The van der Waals surface area contributed by atoms with E-state index < -0.39 is 47.9 Å². The predicted octanol–water partition coefficient (Wildman–Crippen LogP) is 0.671. The lowest BCUT2D eigenvalue weighted by atomic mass is 9.99. The van der Waals surface area contributed by atoms with Crippen LogP contribution < -0.4 is 21.7 Å². The highest BCUT2D eigenvalue weighted by Gasteiger charge is 2.32. The van der Waals surface area contributed by atoms with Gasteiger partial charge in [-0.2, -0.15) is 23.5 Å². The monoisotopic (exact) mass is 478 g/mol. The van der Waals surface area contributed by atoms with Gasteiger partial charge >= 0.3 is 5.97 Å². The van der Waals surface area contributed by atoms with Crippen LogP contribution in [0.3, 0.4) is 0 Å². The highest BCUT2D eigenvalue weighted by atomic mass is 32.2. The van der Waals surface area contributed by atoms with Crippen molar-refractivity contribution in [2.45, 2.75) is 64.7 Å². The van der Waals surface area contributed by atoms with Crippen LogP contribution in [0.2, 0.25) is 0 Å². The molecule has 0 aromatic rings. The molecule has 0 aromatic heterocycles. The quantitative estimate of drug-likeness (QED) is 0.230. The van der Waals surface area contributed by atoms with Gasteiger partial charge < -0.3 is 26.8 Å². The van der Waals surface area contributed by atoms with Crippen LogP contribution in [0.25, 0.3) is 0 Å². The van der Waals surface area contributed by atoms with E-state index in [1.54, 1.807) is 39.5 Å². The average molecular weight is 479 g/mol. The van der Waals surface area contributed by atoms with Crippen LogP contribution in [0.1, 0.15) is 40.5 Å². The number of nitrogens with one attached hydrogen (secondary N) is 3. The Morgan fingerprint density at radius 1 is 0.774 bits per heavy atom. The topological polar surface area (TPSA) is 151 Å². The van der Waals surface area contributed by atoms with Crippen molar-refractivity contribution in [2.75, 3.05) is 24.0 Å². The van der Waals surface area contributed by atoms with E-state index in [4.69, 9.17) is 5.73 Å². The lowest BCUT2D eigenvalue weighted by molar-refractivity contribution is -0.143. The van der Waals surface area contributed by atoms with Crippen molar-refractivity contribution in [3.8, 4) is 0 Å². The molecule has 0 spiro atoms. The van der Waals surface area contributed by atoms with E-state index in [-0.39, 0.29) is 11.8 Å². The van der Waals surface area contributed by atoms with E-state index in [9.17, 15) is 24.3 Å². The lowest BCUT2D eigenvalue weighted by Gasteiger charge is -2.27. The summed E-state index contributed by atoms with van der Waals surface area (Å²) in [4.78, 5) is 49.5. The fourth-order valence-corrected chi connectivity index (χ4v) is 3.67. The Kier molecular flexibility index (Phi) is 14.6. The van der Waals surface area contributed by atoms with Crippen LogP contribution in [-0.2, 0) is 19.2 Å². The third-order valence-electron chi connectivity index (χ3n) is 4.69. The number of amides is 3. The van der Waals surface area contributed by atoms with Gasteiger partial charge in [0.15, 0.2) is 0 Å². The van der Waals surface area contributed by atoms with Crippen LogP contribution in [0.5, 0.6) is 0 Å². The number of thioether (sulfide) groups is 2. The molecule has 31 heavy (non-hydrogen) atoms. The molecule has 9 nitrogen and oxygen atoms in total. The van der Waals surface area contributed by atoms with Gasteiger partial charge in [0.05, 0.1) is 6.04 Å². The summed E-state index contributed by atoms with van der Waals surface area (Å²) in [6, 6.07) is -3.56. The molecule has 0 aliphatic carbocycles. The Balaban J connectivity index is 5.31. The third-order valence-corrected chi connectivity index (χ3v) is 5.98. The maximum atomic E-state index is 12.9. The Labute approximate surface area is 193 Å². The van der Waals surface area contributed by atoms with E-state index in [0.29, 0.717) is 18.6 Å². The number of hydrogen-bond acceptors (Lipinski definition) is 7. The van der Waals surface area contributed by atoms with Crippen molar-refractivity contribution in [3.05, 3.63) is 0 Å². The molecule has 11 heteroatoms. The summed E-state index contributed by atoms with van der Waals surface area (Å²) in [6.07, 6.45) is 4.69. The number of carboxylic acids is 1. The summed E-state index contributed by atoms with van der Waals surface area (Å²) in [7, 11) is 0. The highest BCUT2D eigenvalue weighted by Crippen LogP contribution is 2.09. The van der Waals surface area contributed by atoms with Crippen LogP contribution in [0.15, 0.2) is 0 Å². The molecule has 0 saturated heterocycles. The first-order valence-corrected chi connectivity index (χ1v) is 13.1. The Morgan fingerprint density at radius 2 is 1.26 bits per heavy atom. The summed E-state index contributed by atoms with van der Waals surface area (Å²) >= 11 is 3.11. The van der Waals surface area contributed by atoms with Crippen molar-refractivity contribution in [2.24, 2.45) is 17.6 Å². The zero-order chi connectivity index (χ0) is 24.1. The zero-order valence-corrected chi connectivity index (χ0v) is 20.9. The van der Waals surface area contributed by atoms with Gasteiger partial charge in [-0.15, -0.1) is 0 Å². The molecule has 4 atom stereocenters. The number of nitrogens with two attached hydrogens (primary N) is 1. The van der Waals surface area contributed by atoms with Gasteiger partial charge in [-0.25, -0.2) is 4.79 Å². The SMILES string of the molecule is CSCCC(N)C(=O)NC(CCSC)C(=O)NC(C(=O)NC(C(=O)O)C(C)C)C(C)C. The number of rotatable bonds is 15. The molecular formula is C20H38N4O5S2. The molecule has 3 amide bonds. The molecule has 4 unspecified atom stereocenters. The molecule has 0 saturated carbocycles. The number of carbonyl (C=O) groups is 4. The molecule has 0 radical (unpaired) electrons. The molecule has 0 aliphatic rings. The summed E-state index contributed by atoms with van der Waals surface area (Å²) in [5.41, 5.74) is 5.91. The fourth-order valence-electron chi connectivity index (χ4n) is 2.70. The molecule has 0 rings (SSSR count). The molecular weight excluding hydrogens is 440 g/mol. The van der Waals surface area contributed by atoms with Crippen molar-refractivity contribution in [1.82, 2.24) is 16.0 Å². The average Bonchev–Trinajstić information content (AvgIpc) is 2.69. The number of carboxylic acid groups (broad SMARTS) is 1. The van der Waals surface area contributed by atoms with Gasteiger partial charge in [0, 0.05) is 0 Å². The van der Waals surface area contributed by atoms with Crippen LogP contribution in [0.4, 0.5) is 0 Å². The second-order valence-electron chi connectivity index (χ2n) is 8.03. The van der Waals surface area contributed by atoms with E-state index in [1.165, 1.54) is 11.8 Å². The first-order chi connectivity index (χ1) is 14.5. The first kappa shape index (κ1) is 29.5. The molecule has 0 bridgehead atoms. The van der Waals surface area contributed by atoms with Crippen LogP contribution in [0, 0.1) is 11.8 Å². The van der Waals surface area contributed by atoms with Crippen LogP contribution in [-0.4, -0.2) is 77.0 Å². The minimum Gasteiger partial charge on any atom is -0.480 e. The van der Waals surface area contributed by atoms with Crippen molar-refractivity contribution in [3.63, 3.8) is 0 Å². The highest BCUT2D eigenvalue weighted by molar-refractivity contribution is 7.98. The summed E-state index contributed by atoms with van der Waals surface area (Å²) in [5.74, 6) is -1.86. The molecule has 0 aliphatic heterocycles. The summed E-state index contributed by atoms with van der Waals surface area (Å²) in [6.45, 7) is 6.89.